The Hall–Kier alpha value is -2.52. The lowest BCUT2D eigenvalue weighted by Gasteiger charge is -2.11. The Balaban J connectivity index is 2.20. The molecule has 148 valence electrons. The third kappa shape index (κ3) is 3.85. The molecule has 10 heteroatoms. The van der Waals surface area contributed by atoms with E-state index in [0.29, 0.717) is 16.3 Å². The summed E-state index contributed by atoms with van der Waals surface area (Å²) in [5.74, 6) is -0.683. The summed E-state index contributed by atoms with van der Waals surface area (Å²) < 4.78 is 70.2. The maximum atomic E-state index is 14.3. The summed E-state index contributed by atoms with van der Waals surface area (Å²) in [6.07, 6.45) is -1.98. The molecule has 0 fully saturated rings. The standard InChI is InChI=1S/C18H14ClF3N2O3S/c1-27-16-7-10(3-5-12(16)19)15-9-14(18(21)22)23-24(15)11-4-6-17(13(20)8-11)28(2,25)26/h3-9,18H,1-2H3. The maximum absolute atomic E-state index is 14.3. The molecule has 1 heterocycles. The number of hydrogen-bond donors (Lipinski definition) is 0. The molecule has 0 saturated carbocycles. The monoisotopic (exact) mass is 430 g/mol. The molecule has 1 aromatic heterocycles. The Morgan fingerprint density at radius 1 is 1.14 bits per heavy atom. The summed E-state index contributed by atoms with van der Waals surface area (Å²) in [4.78, 5) is -0.493. The molecule has 2 aromatic carbocycles. The highest BCUT2D eigenvalue weighted by molar-refractivity contribution is 7.90. The number of nitrogens with zero attached hydrogens (tertiary/aromatic N) is 2. The van der Waals surface area contributed by atoms with Crippen LogP contribution < -0.4 is 4.74 Å². The van der Waals surface area contributed by atoms with Crippen LogP contribution in [0.2, 0.25) is 5.02 Å². The SMILES string of the molecule is COc1cc(-c2cc(C(F)F)nn2-c2ccc(S(C)(=O)=O)c(F)c2)ccc1Cl. The number of rotatable bonds is 5. The third-order valence-electron chi connectivity index (χ3n) is 3.96. The van der Waals surface area contributed by atoms with Crippen LogP contribution in [0.5, 0.6) is 5.75 Å². The summed E-state index contributed by atoms with van der Waals surface area (Å²) in [7, 11) is -2.36. The van der Waals surface area contributed by atoms with Crippen LogP contribution in [-0.4, -0.2) is 31.6 Å². The van der Waals surface area contributed by atoms with Crippen LogP contribution in [0.15, 0.2) is 47.4 Å². The van der Waals surface area contributed by atoms with Crippen LogP contribution in [0.4, 0.5) is 13.2 Å². The first-order valence-corrected chi connectivity index (χ1v) is 10.1. The number of benzene rings is 2. The molecule has 0 N–H and O–H groups in total. The molecule has 0 aliphatic heterocycles. The average molecular weight is 431 g/mol. The van der Waals surface area contributed by atoms with Crippen molar-refractivity contribution in [2.24, 2.45) is 0 Å². The van der Waals surface area contributed by atoms with E-state index < -0.39 is 32.7 Å². The van der Waals surface area contributed by atoms with E-state index in [0.717, 1.165) is 29.1 Å². The maximum Gasteiger partial charge on any atom is 0.282 e. The zero-order valence-corrected chi connectivity index (χ0v) is 16.2. The molecule has 0 unspecified atom stereocenters. The van der Waals surface area contributed by atoms with Gasteiger partial charge in [0.15, 0.2) is 9.84 Å². The van der Waals surface area contributed by atoms with Crippen LogP contribution in [0.1, 0.15) is 12.1 Å². The van der Waals surface area contributed by atoms with E-state index in [2.05, 4.69) is 5.10 Å². The lowest BCUT2D eigenvalue weighted by atomic mass is 10.1. The molecule has 3 rings (SSSR count). The minimum atomic E-state index is -3.77. The number of hydrogen-bond acceptors (Lipinski definition) is 4. The quantitative estimate of drug-likeness (QED) is 0.589. The molecule has 5 nitrogen and oxygen atoms in total. The van der Waals surface area contributed by atoms with Crippen molar-refractivity contribution >= 4 is 21.4 Å². The first-order valence-electron chi connectivity index (χ1n) is 7.84. The third-order valence-corrected chi connectivity index (χ3v) is 5.40. The van der Waals surface area contributed by atoms with Gasteiger partial charge in [-0.15, -0.1) is 0 Å². The molecule has 3 aromatic rings. The van der Waals surface area contributed by atoms with E-state index in [4.69, 9.17) is 16.3 Å². The van der Waals surface area contributed by atoms with Gasteiger partial charge in [-0.3, -0.25) is 0 Å². The number of methoxy groups -OCH3 is 1. The molecule has 0 amide bonds. The predicted molar refractivity (Wildman–Crippen MR) is 98.6 cm³/mol. The average Bonchev–Trinajstić information content (AvgIpc) is 3.06. The van der Waals surface area contributed by atoms with Crippen molar-refractivity contribution in [2.75, 3.05) is 13.4 Å². The number of sulfone groups is 1. The van der Waals surface area contributed by atoms with Crippen molar-refractivity contribution in [3.05, 3.63) is 59.0 Å². The Bertz CT molecular complexity index is 1150. The normalized spacial score (nSPS) is 11.8. The number of aromatic nitrogens is 2. The van der Waals surface area contributed by atoms with Crippen LogP contribution in [-0.2, 0) is 9.84 Å². The molecular formula is C18H14ClF3N2O3S. The topological polar surface area (TPSA) is 61.2 Å². The summed E-state index contributed by atoms with van der Waals surface area (Å²) in [5, 5.41) is 4.17. The van der Waals surface area contributed by atoms with Gasteiger partial charge in [0, 0.05) is 17.9 Å². The summed E-state index contributed by atoms with van der Waals surface area (Å²) >= 11 is 6.00. The summed E-state index contributed by atoms with van der Waals surface area (Å²) in [6.45, 7) is 0. The van der Waals surface area contributed by atoms with Gasteiger partial charge in [-0.25, -0.2) is 26.3 Å². The molecule has 0 radical (unpaired) electrons. The highest BCUT2D eigenvalue weighted by atomic mass is 35.5. The smallest absolute Gasteiger partial charge is 0.282 e. The summed E-state index contributed by atoms with van der Waals surface area (Å²) in [5.41, 5.74) is 0.252. The predicted octanol–water partition coefficient (Wildman–Crippen LogP) is 4.68. The number of halogens is 4. The Kier molecular flexibility index (Phi) is 5.40. The molecule has 0 atom stereocenters. The van der Waals surface area contributed by atoms with E-state index in [1.165, 1.54) is 25.3 Å². The Labute approximate surface area is 164 Å². The van der Waals surface area contributed by atoms with E-state index in [9.17, 15) is 21.6 Å². The first-order chi connectivity index (χ1) is 13.1. The second-order valence-electron chi connectivity index (χ2n) is 5.90. The van der Waals surface area contributed by atoms with E-state index >= 15 is 0 Å². The van der Waals surface area contributed by atoms with Crippen molar-refractivity contribution in [3.63, 3.8) is 0 Å². The van der Waals surface area contributed by atoms with Crippen molar-refractivity contribution in [3.8, 4) is 22.7 Å². The highest BCUT2D eigenvalue weighted by Crippen LogP contribution is 2.34. The van der Waals surface area contributed by atoms with Crippen LogP contribution in [0.25, 0.3) is 16.9 Å². The molecule has 0 bridgehead atoms. The van der Waals surface area contributed by atoms with Gasteiger partial charge in [0.05, 0.1) is 23.5 Å². The lowest BCUT2D eigenvalue weighted by molar-refractivity contribution is 0.145. The Morgan fingerprint density at radius 3 is 2.43 bits per heavy atom. The van der Waals surface area contributed by atoms with E-state index in [1.807, 2.05) is 0 Å². The van der Waals surface area contributed by atoms with Crippen molar-refractivity contribution < 1.29 is 26.3 Å². The highest BCUT2D eigenvalue weighted by Gasteiger charge is 2.20. The minimum absolute atomic E-state index is 0.0840. The minimum Gasteiger partial charge on any atom is -0.495 e. The fraction of sp³-hybridized carbons (Fsp3) is 0.167. The zero-order valence-electron chi connectivity index (χ0n) is 14.7. The molecule has 28 heavy (non-hydrogen) atoms. The van der Waals surface area contributed by atoms with Crippen molar-refractivity contribution in [1.82, 2.24) is 9.78 Å². The largest absolute Gasteiger partial charge is 0.495 e. The van der Waals surface area contributed by atoms with Crippen LogP contribution in [0, 0.1) is 5.82 Å². The van der Waals surface area contributed by atoms with Gasteiger partial charge in [0.2, 0.25) is 0 Å². The van der Waals surface area contributed by atoms with Gasteiger partial charge in [0.1, 0.15) is 22.2 Å². The molecular weight excluding hydrogens is 417 g/mol. The fourth-order valence-corrected chi connectivity index (χ4v) is 3.57. The summed E-state index contributed by atoms with van der Waals surface area (Å²) in [6, 6.07) is 9.09. The second-order valence-corrected chi connectivity index (χ2v) is 8.29. The lowest BCUT2D eigenvalue weighted by Crippen LogP contribution is -2.05. The molecule has 0 saturated heterocycles. The van der Waals surface area contributed by atoms with E-state index in [-0.39, 0.29) is 11.4 Å². The van der Waals surface area contributed by atoms with Gasteiger partial charge in [-0.05, 0) is 30.3 Å². The molecule has 0 spiro atoms. The first kappa shape index (κ1) is 20.2. The van der Waals surface area contributed by atoms with Gasteiger partial charge in [0.25, 0.3) is 6.43 Å². The van der Waals surface area contributed by atoms with Crippen molar-refractivity contribution in [1.29, 1.82) is 0 Å². The van der Waals surface area contributed by atoms with Crippen LogP contribution >= 0.6 is 11.6 Å². The van der Waals surface area contributed by atoms with Gasteiger partial charge < -0.3 is 4.74 Å². The van der Waals surface area contributed by atoms with Crippen LogP contribution in [0.3, 0.4) is 0 Å². The van der Waals surface area contributed by atoms with E-state index in [1.54, 1.807) is 6.07 Å². The van der Waals surface area contributed by atoms with Gasteiger partial charge in [-0.2, -0.15) is 5.10 Å². The van der Waals surface area contributed by atoms with Gasteiger partial charge in [-0.1, -0.05) is 17.7 Å². The number of ether oxygens (including phenoxy) is 1. The Morgan fingerprint density at radius 2 is 1.86 bits per heavy atom. The van der Waals surface area contributed by atoms with Crippen molar-refractivity contribution in [2.45, 2.75) is 11.3 Å². The zero-order chi connectivity index (χ0) is 20.6. The molecule has 0 aliphatic carbocycles. The fourth-order valence-electron chi connectivity index (χ4n) is 2.65. The second kappa shape index (κ2) is 7.48. The van der Waals surface area contributed by atoms with Gasteiger partial charge >= 0.3 is 0 Å². The number of alkyl halides is 2. The molecule has 0 aliphatic rings.